The van der Waals surface area contributed by atoms with Crippen LogP contribution in [0.25, 0.3) is 43.8 Å². The first kappa shape index (κ1) is 22.8. The molecule has 0 saturated carbocycles. The molecule has 0 fully saturated rings. The Morgan fingerprint density at radius 2 is 1.11 bits per heavy atom. The third kappa shape index (κ3) is 3.25. The van der Waals surface area contributed by atoms with Crippen molar-refractivity contribution in [1.29, 1.82) is 0 Å². The summed E-state index contributed by atoms with van der Waals surface area (Å²) in [5.41, 5.74) is 11.7. The molecule has 7 rings (SSSR count). The van der Waals surface area contributed by atoms with Crippen LogP contribution >= 0.6 is 0 Å². The van der Waals surface area contributed by atoms with Crippen LogP contribution in [0.15, 0.2) is 115 Å². The normalized spacial score (nSPS) is 13.9. The number of nitrogens with zero attached hydrogens (tertiary/aromatic N) is 1. The molecule has 1 heterocycles. The summed E-state index contributed by atoms with van der Waals surface area (Å²) in [6, 6.07) is 42.6. The molecule has 1 aliphatic heterocycles. The number of hydrogen-bond donors (Lipinski definition) is 0. The van der Waals surface area contributed by atoms with Crippen molar-refractivity contribution >= 4 is 32.9 Å². The van der Waals surface area contributed by atoms with Crippen molar-refractivity contribution in [3.8, 4) is 22.3 Å². The van der Waals surface area contributed by atoms with E-state index in [2.05, 4.69) is 148 Å². The zero-order valence-corrected chi connectivity index (χ0v) is 22.4. The van der Waals surface area contributed by atoms with Gasteiger partial charge in [0.1, 0.15) is 0 Å². The standard InChI is InChI=1S/C37H31N/c1-24-18-20-29-30(22-24)36(28-15-9-8-14-27(28)35(29)25-12-6-5-7-13-25)26-19-21-32-34(23-26)38(4)33-17-11-10-16-31(33)37(32,2)3/h5-23H,1-4H3. The molecule has 0 aliphatic carbocycles. The van der Waals surface area contributed by atoms with Gasteiger partial charge in [0.05, 0.1) is 0 Å². The molecular formula is C37H31N. The molecule has 0 aromatic heterocycles. The minimum atomic E-state index is -0.0607. The number of anilines is 2. The molecule has 38 heavy (non-hydrogen) atoms. The van der Waals surface area contributed by atoms with Gasteiger partial charge in [0, 0.05) is 23.8 Å². The molecule has 6 aromatic rings. The van der Waals surface area contributed by atoms with Gasteiger partial charge in [-0.15, -0.1) is 0 Å². The molecule has 1 aliphatic rings. The predicted molar refractivity (Wildman–Crippen MR) is 164 cm³/mol. The second-order valence-electron chi connectivity index (χ2n) is 11.1. The summed E-state index contributed by atoms with van der Waals surface area (Å²) >= 11 is 0. The summed E-state index contributed by atoms with van der Waals surface area (Å²) in [6.07, 6.45) is 0. The van der Waals surface area contributed by atoms with Crippen LogP contribution in [0.3, 0.4) is 0 Å². The van der Waals surface area contributed by atoms with Crippen molar-refractivity contribution in [3.63, 3.8) is 0 Å². The lowest BCUT2D eigenvalue weighted by Gasteiger charge is -2.40. The lowest BCUT2D eigenvalue weighted by atomic mass is 9.73. The molecule has 1 heteroatoms. The average Bonchev–Trinajstić information content (AvgIpc) is 2.95. The third-order valence-electron chi connectivity index (χ3n) is 8.50. The maximum atomic E-state index is 2.42. The molecule has 0 saturated heterocycles. The van der Waals surface area contributed by atoms with Crippen molar-refractivity contribution in [2.24, 2.45) is 0 Å². The maximum absolute atomic E-state index is 2.42. The largest absolute Gasteiger partial charge is 0.344 e. The number of rotatable bonds is 2. The molecule has 6 aromatic carbocycles. The van der Waals surface area contributed by atoms with Gasteiger partial charge in [-0.25, -0.2) is 0 Å². The third-order valence-corrected chi connectivity index (χ3v) is 8.50. The second-order valence-corrected chi connectivity index (χ2v) is 11.1. The van der Waals surface area contributed by atoms with Gasteiger partial charge in [-0.05, 0) is 74.0 Å². The zero-order chi connectivity index (χ0) is 26.0. The van der Waals surface area contributed by atoms with Crippen molar-refractivity contribution in [1.82, 2.24) is 0 Å². The van der Waals surface area contributed by atoms with Crippen molar-refractivity contribution in [2.75, 3.05) is 11.9 Å². The fraction of sp³-hybridized carbons (Fsp3) is 0.135. The highest BCUT2D eigenvalue weighted by molar-refractivity contribution is 6.21. The molecular weight excluding hydrogens is 458 g/mol. The summed E-state index contributed by atoms with van der Waals surface area (Å²) in [6.45, 7) is 6.89. The van der Waals surface area contributed by atoms with Crippen LogP contribution in [0.1, 0.15) is 30.5 Å². The van der Waals surface area contributed by atoms with Crippen LogP contribution in [0.4, 0.5) is 11.4 Å². The number of para-hydroxylation sites is 1. The molecule has 1 nitrogen and oxygen atoms in total. The van der Waals surface area contributed by atoms with Gasteiger partial charge in [0.2, 0.25) is 0 Å². The number of hydrogen-bond acceptors (Lipinski definition) is 1. The zero-order valence-electron chi connectivity index (χ0n) is 22.4. The lowest BCUT2D eigenvalue weighted by Crippen LogP contribution is -2.30. The summed E-state index contributed by atoms with van der Waals surface area (Å²) < 4.78 is 0. The molecule has 0 spiro atoms. The predicted octanol–water partition coefficient (Wildman–Crippen LogP) is 10.0. The Hall–Kier alpha value is -4.36. The van der Waals surface area contributed by atoms with E-state index >= 15 is 0 Å². The Labute approximate surface area is 225 Å². The van der Waals surface area contributed by atoms with Crippen LogP contribution in [0, 0.1) is 6.92 Å². The van der Waals surface area contributed by atoms with Crippen LogP contribution in [-0.4, -0.2) is 7.05 Å². The molecule has 0 bridgehead atoms. The van der Waals surface area contributed by atoms with E-state index in [1.165, 1.54) is 71.9 Å². The van der Waals surface area contributed by atoms with Gasteiger partial charge >= 0.3 is 0 Å². The molecule has 184 valence electrons. The van der Waals surface area contributed by atoms with Crippen LogP contribution in [-0.2, 0) is 5.41 Å². The first-order valence-corrected chi connectivity index (χ1v) is 13.4. The Kier molecular flexibility index (Phi) is 5.00. The molecule has 0 N–H and O–H groups in total. The topological polar surface area (TPSA) is 3.24 Å². The average molecular weight is 490 g/mol. The number of aryl methyl sites for hydroxylation is 1. The van der Waals surface area contributed by atoms with E-state index < -0.39 is 0 Å². The highest BCUT2D eigenvalue weighted by atomic mass is 15.1. The highest BCUT2D eigenvalue weighted by Gasteiger charge is 2.35. The van der Waals surface area contributed by atoms with E-state index in [9.17, 15) is 0 Å². The van der Waals surface area contributed by atoms with Gasteiger partial charge < -0.3 is 4.90 Å². The van der Waals surface area contributed by atoms with Crippen molar-refractivity contribution in [2.45, 2.75) is 26.2 Å². The minimum absolute atomic E-state index is 0.0607. The number of benzene rings is 6. The van der Waals surface area contributed by atoms with E-state index in [4.69, 9.17) is 0 Å². The van der Waals surface area contributed by atoms with Gasteiger partial charge in [0.15, 0.2) is 0 Å². The second kappa shape index (κ2) is 8.33. The summed E-state index contributed by atoms with van der Waals surface area (Å²) in [7, 11) is 2.20. The Morgan fingerprint density at radius 3 is 1.87 bits per heavy atom. The highest BCUT2D eigenvalue weighted by Crippen LogP contribution is 2.50. The Bertz CT molecular complexity index is 1860. The van der Waals surface area contributed by atoms with Gasteiger partial charge in [-0.3, -0.25) is 0 Å². The van der Waals surface area contributed by atoms with E-state index in [1.807, 2.05) is 0 Å². The van der Waals surface area contributed by atoms with E-state index in [-0.39, 0.29) is 5.41 Å². The van der Waals surface area contributed by atoms with E-state index in [0.717, 1.165) is 0 Å². The lowest BCUT2D eigenvalue weighted by molar-refractivity contribution is 0.629. The van der Waals surface area contributed by atoms with Gasteiger partial charge in [-0.2, -0.15) is 0 Å². The first-order valence-electron chi connectivity index (χ1n) is 13.4. The summed E-state index contributed by atoms with van der Waals surface area (Å²) in [5.74, 6) is 0. The molecule has 0 atom stereocenters. The SMILES string of the molecule is Cc1ccc2c(-c3ccccc3)c3ccccc3c(-c3ccc4c(c3)N(C)c3ccccc3C4(C)C)c2c1. The molecule has 0 amide bonds. The monoisotopic (exact) mass is 489 g/mol. The molecule has 0 unspecified atom stereocenters. The van der Waals surface area contributed by atoms with Crippen molar-refractivity contribution < 1.29 is 0 Å². The smallest absolute Gasteiger partial charge is 0.0455 e. The first-order chi connectivity index (χ1) is 18.4. The summed E-state index contributed by atoms with van der Waals surface area (Å²) in [4.78, 5) is 2.37. The van der Waals surface area contributed by atoms with Crippen LogP contribution < -0.4 is 4.90 Å². The van der Waals surface area contributed by atoms with Crippen LogP contribution in [0.5, 0.6) is 0 Å². The van der Waals surface area contributed by atoms with Crippen LogP contribution in [0.2, 0.25) is 0 Å². The quantitative estimate of drug-likeness (QED) is 0.219. The maximum Gasteiger partial charge on any atom is 0.0455 e. The fourth-order valence-corrected chi connectivity index (χ4v) is 6.58. The van der Waals surface area contributed by atoms with Gasteiger partial charge in [0.25, 0.3) is 0 Å². The van der Waals surface area contributed by atoms with E-state index in [0.29, 0.717) is 0 Å². The minimum Gasteiger partial charge on any atom is -0.344 e. The Balaban J connectivity index is 1.56. The summed E-state index contributed by atoms with van der Waals surface area (Å²) in [5, 5.41) is 5.19. The van der Waals surface area contributed by atoms with Gasteiger partial charge in [-0.1, -0.05) is 123 Å². The Morgan fingerprint density at radius 1 is 0.500 bits per heavy atom. The number of fused-ring (bicyclic) bond motifs is 4. The fourth-order valence-electron chi connectivity index (χ4n) is 6.58. The van der Waals surface area contributed by atoms with E-state index in [1.54, 1.807) is 0 Å². The molecule has 0 radical (unpaired) electrons. The van der Waals surface area contributed by atoms with Crippen molar-refractivity contribution in [3.05, 3.63) is 132 Å².